The van der Waals surface area contributed by atoms with E-state index in [0.29, 0.717) is 6.54 Å². The van der Waals surface area contributed by atoms with Crippen LogP contribution in [-0.2, 0) is 22.4 Å². The van der Waals surface area contributed by atoms with Crippen LogP contribution in [0.3, 0.4) is 0 Å². The molecule has 114 valence electrons. The lowest BCUT2D eigenvalue weighted by atomic mass is 10.0. The summed E-state index contributed by atoms with van der Waals surface area (Å²) in [5.41, 5.74) is 10.9. The van der Waals surface area contributed by atoms with Gasteiger partial charge in [-0.15, -0.1) is 0 Å². The first-order valence-electron chi connectivity index (χ1n) is 6.67. The number of aromatic amines is 1. The van der Waals surface area contributed by atoms with E-state index in [-0.39, 0.29) is 0 Å². The number of hydrogen-bond donors (Lipinski definition) is 4. The molecule has 1 aromatic carbocycles. The number of carboxylic acid groups (broad SMARTS) is 2. The average molecular weight is 292 g/mol. The van der Waals surface area contributed by atoms with Crippen molar-refractivity contribution in [2.45, 2.75) is 26.7 Å². The molecule has 0 unspecified atom stereocenters. The molecule has 0 atom stereocenters. The SMILES string of the molecule is CCc1ccc2[nH]c(C)c(CCN)c2c1.O=C(O)C(=O)O. The summed E-state index contributed by atoms with van der Waals surface area (Å²) in [6.07, 6.45) is 2.04. The van der Waals surface area contributed by atoms with E-state index < -0.39 is 11.9 Å². The first kappa shape index (κ1) is 16.7. The number of carbonyl (C=O) groups is 2. The van der Waals surface area contributed by atoms with Gasteiger partial charge < -0.3 is 20.9 Å². The smallest absolute Gasteiger partial charge is 0.414 e. The number of H-pyrrole nitrogens is 1. The Kier molecular flexibility index (Phi) is 5.92. The van der Waals surface area contributed by atoms with Crippen molar-refractivity contribution in [3.05, 3.63) is 35.0 Å². The molecule has 0 radical (unpaired) electrons. The second kappa shape index (κ2) is 7.44. The van der Waals surface area contributed by atoms with Crippen LogP contribution in [0.5, 0.6) is 0 Å². The van der Waals surface area contributed by atoms with Crippen LogP contribution in [0.15, 0.2) is 18.2 Å². The maximum Gasteiger partial charge on any atom is 0.414 e. The van der Waals surface area contributed by atoms with Gasteiger partial charge in [0.05, 0.1) is 0 Å². The van der Waals surface area contributed by atoms with E-state index in [0.717, 1.165) is 12.8 Å². The highest BCUT2D eigenvalue weighted by Crippen LogP contribution is 2.23. The van der Waals surface area contributed by atoms with E-state index in [1.54, 1.807) is 0 Å². The third-order valence-corrected chi connectivity index (χ3v) is 3.17. The fourth-order valence-corrected chi connectivity index (χ4v) is 2.12. The molecule has 0 amide bonds. The molecule has 6 heteroatoms. The molecule has 0 aliphatic carbocycles. The van der Waals surface area contributed by atoms with E-state index in [4.69, 9.17) is 25.5 Å². The number of hydrogen-bond acceptors (Lipinski definition) is 3. The summed E-state index contributed by atoms with van der Waals surface area (Å²) in [6, 6.07) is 6.63. The molecular weight excluding hydrogens is 272 g/mol. The Balaban J connectivity index is 0.000000315. The van der Waals surface area contributed by atoms with Gasteiger partial charge in [-0.25, -0.2) is 9.59 Å². The number of benzene rings is 1. The van der Waals surface area contributed by atoms with Gasteiger partial charge in [-0.05, 0) is 49.6 Å². The molecule has 2 rings (SSSR count). The molecule has 0 saturated heterocycles. The molecule has 0 spiro atoms. The van der Waals surface area contributed by atoms with Gasteiger partial charge in [0.1, 0.15) is 0 Å². The van der Waals surface area contributed by atoms with E-state index in [2.05, 4.69) is 37.0 Å². The summed E-state index contributed by atoms with van der Waals surface area (Å²) in [6.45, 7) is 5.02. The summed E-state index contributed by atoms with van der Waals surface area (Å²) in [4.78, 5) is 21.6. The highest BCUT2D eigenvalue weighted by Gasteiger charge is 2.07. The highest BCUT2D eigenvalue weighted by atomic mass is 16.4. The van der Waals surface area contributed by atoms with Crippen molar-refractivity contribution in [1.29, 1.82) is 0 Å². The van der Waals surface area contributed by atoms with Crippen molar-refractivity contribution in [1.82, 2.24) is 4.98 Å². The molecule has 0 aliphatic heterocycles. The topological polar surface area (TPSA) is 116 Å². The third kappa shape index (κ3) is 4.32. The summed E-state index contributed by atoms with van der Waals surface area (Å²) in [5.74, 6) is -3.65. The Morgan fingerprint density at radius 2 is 1.86 bits per heavy atom. The maximum absolute atomic E-state index is 9.10. The maximum atomic E-state index is 9.10. The van der Waals surface area contributed by atoms with Crippen molar-refractivity contribution in [2.75, 3.05) is 6.54 Å². The molecule has 1 heterocycles. The number of aromatic nitrogens is 1. The minimum atomic E-state index is -1.82. The Hall–Kier alpha value is -2.34. The molecule has 0 fully saturated rings. The van der Waals surface area contributed by atoms with Gasteiger partial charge in [0.15, 0.2) is 0 Å². The Morgan fingerprint density at radius 3 is 2.33 bits per heavy atom. The lowest BCUT2D eigenvalue weighted by Crippen LogP contribution is -2.09. The highest BCUT2D eigenvalue weighted by molar-refractivity contribution is 6.27. The second-order valence-electron chi connectivity index (χ2n) is 4.61. The monoisotopic (exact) mass is 292 g/mol. The molecule has 6 nitrogen and oxygen atoms in total. The summed E-state index contributed by atoms with van der Waals surface area (Å²) < 4.78 is 0. The number of nitrogens with two attached hydrogens (primary N) is 1. The number of fused-ring (bicyclic) bond motifs is 1. The van der Waals surface area contributed by atoms with Gasteiger partial charge in [0.25, 0.3) is 0 Å². The summed E-state index contributed by atoms with van der Waals surface area (Å²) in [5, 5.41) is 16.1. The lowest BCUT2D eigenvalue weighted by Gasteiger charge is -2.00. The van der Waals surface area contributed by atoms with Crippen molar-refractivity contribution in [3.8, 4) is 0 Å². The Bertz CT molecular complexity index is 634. The van der Waals surface area contributed by atoms with E-state index in [1.807, 2.05) is 0 Å². The van der Waals surface area contributed by atoms with Crippen molar-refractivity contribution in [3.63, 3.8) is 0 Å². The summed E-state index contributed by atoms with van der Waals surface area (Å²) >= 11 is 0. The standard InChI is InChI=1S/C13H18N2.C2H2O4/c1-3-10-4-5-13-12(8-10)11(6-7-14)9(2)15-13;3-1(4)2(5)6/h4-5,8,15H,3,6-7,14H2,1-2H3;(H,3,4)(H,5,6). The van der Waals surface area contributed by atoms with Crippen LogP contribution in [0.2, 0.25) is 0 Å². The minimum Gasteiger partial charge on any atom is -0.473 e. The van der Waals surface area contributed by atoms with Crippen LogP contribution in [0.1, 0.15) is 23.7 Å². The van der Waals surface area contributed by atoms with Gasteiger partial charge in [-0.2, -0.15) is 0 Å². The second-order valence-corrected chi connectivity index (χ2v) is 4.61. The van der Waals surface area contributed by atoms with Gasteiger partial charge in [0, 0.05) is 16.6 Å². The van der Waals surface area contributed by atoms with Crippen molar-refractivity contribution < 1.29 is 19.8 Å². The normalized spacial score (nSPS) is 10.0. The molecule has 0 aliphatic rings. The molecule has 5 N–H and O–H groups in total. The Morgan fingerprint density at radius 1 is 1.24 bits per heavy atom. The quantitative estimate of drug-likeness (QED) is 0.642. The minimum absolute atomic E-state index is 0.712. The lowest BCUT2D eigenvalue weighted by molar-refractivity contribution is -0.159. The van der Waals surface area contributed by atoms with Crippen LogP contribution in [0.4, 0.5) is 0 Å². The third-order valence-electron chi connectivity index (χ3n) is 3.17. The fourth-order valence-electron chi connectivity index (χ4n) is 2.12. The largest absolute Gasteiger partial charge is 0.473 e. The molecule has 2 aromatic rings. The molecule has 0 saturated carbocycles. The first-order chi connectivity index (χ1) is 9.90. The van der Waals surface area contributed by atoms with Crippen LogP contribution >= 0.6 is 0 Å². The van der Waals surface area contributed by atoms with Crippen LogP contribution in [-0.4, -0.2) is 33.7 Å². The number of rotatable bonds is 3. The average Bonchev–Trinajstić information content (AvgIpc) is 2.75. The zero-order chi connectivity index (χ0) is 16.0. The number of nitrogens with one attached hydrogen (secondary N) is 1. The van der Waals surface area contributed by atoms with Crippen LogP contribution in [0, 0.1) is 6.92 Å². The number of carboxylic acids is 2. The van der Waals surface area contributed by atoms with Crippen LogP contribution < -0.4 is 5.73 Å². The summed E-state index contributed by atoms with van der Waals surface area (Å²) in [7, 11) is 0. The van der Waals surface area contributed by atoms with Gasteiger partial charge >= 0.3 is 11.9 Å². The van der Waals surface area contributed by atoms with Crippen LogP contribution in [0.25, 0.3) is 10.9 Å². The first-order valence-corrected chi connectivity index (χ1v) is 6.67. The zero-order valence-corrected chi connectivity index (χ0v) is 12.1. The van der Waals surface area contributed by atoms with E-state index in [9.17, 15) is 0 Å². The number of aliphatic carboxylic acids is 2. The van der Waals surface area contributed by atoms with Gasteiger partial charge in [-0.1, -0.05) is 13.0 Å². The van der Waals surface area contributed by atoms with Crippen molar-refractivity contribution >= 4 is 22.8 Å². The van der Waals surface area contributed by atoms with E-state index in [1.165, 1.54) is 27.7 Å². The molecule has 1 aromatic heterocycles. The molecular formula is C15H20N2O4. The van der Waals surface area contributed by atoms with Crippen molar-refractivity contribution in [2.24, 2.45) is 5.73 Å². The number of aryl methyl sites for hydroxylation is 2. The molecule has 0 bridgehead atoms. The predicted octanol–water partition coefficient (Wildman–Crippen LogP) is 1.70. The predicted molar refractivity (Wildman–Crippen MR) is 80.4 cm³/mol. The fraction of sp³-hybridized carbons (Fsp3) is 0.333. The van der Waals surface area contributed by atoms with Gasteiger partial charge in [-0.3, -0.25) is 0 Å². The molecule has 21 heavy (non-hydrogen) atoms. The zero-order valence-electron chi connectivity index (χ0n) is 12.1. The van der Waals surface area contributed by atoms with Gasteiger partial charge in [0.2, 0.25) is 0 Å². The van der Waals surface area contributed by atoms with E-state index >= 15 is 0 Å². The Labute approximate surface area is 122 Å².